The normalized spacial score (nSPS) is 11.6. The highest BCUT2D eigenvalue weighted by Gasteiger charge is 2.09. The molecule has 1 aromatic rings. The fraction of sp³-hybridized carbons (Fsp3) is 0.833. The van der Waals surface area contributed by atoms with E-state index < -0.39 is 0 Å². The lowest BCUT2D eigenvalue weighted by atomic mass is 10.4. The second-order valence-electron chi connectivity index (χ2n) is 4.70. The molecular formula is C12H25N5. The predicted octanol–water partition coefficient (Wildman–Crippen LogP) is 1.29. The zero-order valence-corrected chi connectivity index (χ0v) is 11.5. The van der Waals surface area contributed by atoms with E-state index in [2.05, 4.69) is 48.1 Å². The largest absolute Gasteiger partial charge is 0.315 e. The van der Waals surface area contributed by atoms with Gasteiger partial charge in [-0.2, -0.15) is 5.10 Å². The number of nitrogens with one attached hydrogen (secondary N) is 1. The van der Waals surface area contributed by atoms with Crippen molar-refractivity contribution in [2.75, 3.05) is 26.7 Å². The highest BCUT2D eigenvalue weighted by molar-refractivity contribution is 4.86. The Balaban J connectivity index is 2.34. The van der Waals surface area contributed by atoms with E-state index in [0.29, 0.717) is 6.04 Å². The van der Waals surface area contributed by atoms with E-state index >= 15 is 0 Å². The van der Waals surface area contributed by atoms with Crippen LogP contribution < -0.4 is 5.32 Å². The number of aromatic nitrogens is 3. The smallest absolute Gasteiger partial charge is 0.141 e. The van der Waals surface area contributed by atoms with Gasteiger partial charge in [0.15, 0.2) is 0 Å². The molecule has 0 unspecified atom stereocenters. The van der Waals surface area contributed by atoms with Gasteiger partial charge in [0, 0.05) is 19.1 Å². The van der Waals surface area contributed by atoms with E-state index in [4.69, 9.17) is 0 Å². The molecule has 1 aromatic heterocycles. The van der Waals surface area contributed by atoms with E-state index in [1.165, 1.54) is 6.42 Å². The van der Waals surface area contributed by atoms with Gasteiger partial charge in [-0.1, -0.05) is 6.92 Å². The molecule has 1 rings (SSSR count). The Morgan fingerprint density at radius 3 is 2.82 bits per heavy atom. The molecule has 1 N–H and O–H groups in total. The molecule has 0 aliphatic rings. The Morgan fingerprint density at radius 2 is 2.18 bits per heavy atom. The lowest BCUT2D eigenvalue weighted by Gasteiger charge is -2.17. The Kier molecular flexibility index (Phi) is 6.15. The molecule has 5 nitrogen and oxygen atoms in total. The molecule has 0 fully saturated rings. The van der Waals surface area contributed by atoms with Crippen molar-refractivity contribution in [2.24, 2.45) is 0 Å². The van der Waals surface area contributed by atoms with Gasteiger partial charge in [-0.15, -0.1) is 0 Å². The van der Waals surface area contributed by atoms with Crippen molar-refractivity contribution in [1.29, 1.82) is 0 Å². The molecule has 98 valence electrons. The van der Waals surface area contributed by atoms with Gasteiger partial charge in [0.25, 0.3) is 0 Å². The molecule has 0 aliphatic heterocycles. The van der Waals surface area contributed by atoms with E-state index in [9.17, 15) is 0 Å². The lowest BCUT2D eigenvalue weighted by molar-refractivity contribution is 0.304. The zero-order chi connectivity index (χ0) is 12.7. The number of nitrogens with zero attached hydrogens (tertiary/aromatic N) is 4. The average Bonchev–Trinajstić information content (AvgIpc) is 2.72. The summed E-state index contributed by atoms with van der Waals surface area (Å²) in [5.74, 6) is 1.04. The summed E-state index contributed by atoms with van der Waals surface area (Å²) in [7, 11) is 2.12. The van der Waals surface area contributed by atoms with Crippen LogP contribution in [0.5, 0.6) is 0 Å². The predicted molar refractivity (Wildman–Crippen MR) is 69.9 cm³/mol. The first-order valence-electron chi connectivity index (χ1n) is 6.42. The third-order valence-corrected chi connectivity index (χ3v) is 2.64. The summed E-state index contributed by atoms with van der Waals surface area (Å²) in [6.07, 6.45) is 2.82. The maximum atomic E-state index is 4.31. The van der Waals surface area contributed by atoms with Crippen molar-refractivity contribution in [3.8, 4) is 0 Å². The molecular weight excluding hydrogens is 214 g/mol. The Bertz CT molecular complexity index is 308. The van der Waals surface area contributed by atoms with Crippen LogP contribution in [-0.4, -0.2) is 46.3 Å². The van der Waals surface area contributed by atoms with Gasteiger partial charge in [-0.05, 0) is 33.9 Å². The van der Waals surface area contributed by atoms with Gasteiger partial charge in [-0.3, -0.25) is 4.90 Å². The molecule has 0 bridgehead atoms. The molecule has 0 amide bonds. The third-order valence-electron chi connectivity index (χ3n) is 2.64. The fourth-order valence-corrected chi connectivity index (χ4v) is 1.71. The molecule has 0 aromatic carbocycles. The molecule has 5 heteroatoms. The summed E-state index contributed by atoms with van der Waals surface area (Å²) >= 11 is 0. The molecule has 0 radical (unpaired) electrons. The second-order valence-corrected chi connectivity index (χ2v) is 4.70. The van der Waals surface area contributed by atoms with Crippen LogP contribution in [-0.2, 0) is 6.54 Å². The average molecular weight is 239 g/mol. The van der Waals surface area contributed by atoms with Gasteiger partial charge in [0.2, 0.25) is 0 Å². The monoisotopic (exact) mass is 239 g/mol. The molecule has 0 atom stereocenters. The summed E-state index contributed by atoms with van der Waals surface area (Å²) in [6, 6.07) is 0.374. The minimum atomic E-state index is 0.374. The van der Waals surface area contributed by atoms with Crippen LogP contribution in [0.2, 0.25) is 0 Å². The maximum Gasteiger partial charge on any atom is 0.141 e. The molecule has 0 aliphatic carbocycles. The molecule has 1 heterocycles. The molecule has 17 heavy (non-hydrogen) atoms. The minimum absolute atomic E-state index is 0.374. The maximum absolute atomic E-state index is 4.31. The van der Waals surface area contributed by atoms with Crippen molar-refractivity contribution in [2.45, 2.75) is 39.8 Å². The van der Waals surface area contributed by atoms with E-state index in [-0.39, 0.29) is 0 Å². The van der Waals surface area contributed by atoms with Gasteiger partial charge in [0.05, 0.1) is 6.54 Å². The van der Waals surface area contributed by atoms with Crippen molar-refractivity contribution in [3.05, 3.63) is 12.2 Å². The van der Waals surface area contributed by atoms with Crippen LogP contribution in [0.4, 0.5) is 0 Å². The van der Waals surface area contributed by atoms with Gasteiger partial charge < -0.3 is 5.32 Å². The van der Waals surface area contributed by atoms with E-state index in [0.717, 1.165) is 32.0 Å². The first-order valence-corrected chi connectivity index (χ1v) is 6.42. The fourth-order valence-electron chi connectivity index (χ4n) is 1.71. The van der Waals surface area contributed by atoms with Crippen LogP contribution in [0.25, 0.3) is 0 Å². The number of hydrogen-bond acceptors (Lipinski definition) is 4. The molecule has 0 spiro atoms. The van der Waals surface area contributed by atoms with E-state index in [1.54, 1.807) is 6.33 Å². The highest BCUT2D eigenvalue weighted by Crippen LogP contribution is 2.06. The topological polar surface area (TPSA) is 46.0 Å². The lowest BCUT2D eigenvalue weighted by Crippen LogP contribution is -2.30. The van der Waals surface area contributed by atoms with Gasteiger partial charge >= 0.3 is 0 Å². The van der Waals surface area contributed by atoms with Crippen LogP contribution >= 0.6 is 0 Å². The zero-order valence-electron chi connectivity index (χ0n) is 11.5. The summed E-state index contributed by atoms with van der Waals surface area (Å²) in [5.41, 5.74) is 0. The van der Waals surface area contributed by atoms with Crippen LogP contribution in [0.15, 0.2) is 6.33 Å². The van der Waals surface area contributed by atoms with E-state index in [1.807, 2.05) is 4.68 Å². The van der Waals surface area contributed by atoms with Gasteiger partial charge in [-0.25, -0.2) is 9.67 Å². The standard InChI is InChI=1S/C12H25N5/c1-5-6-13-7-8-16(4)9-12-14-10-15-17(12)11(2)3/h10-11,13H,5-9H2,1-4H3. The second kappa shape index (κ2) is 7.40. The minimum Gasteiger partial charge on any atom is -0.315 e. The van der Waals surface area contributed by atoms with Crippen molar-refractivity contribution >= 4 is 0 Å². The Hall–Kier alpha value is -0.940. The van der Waals surface area contributed by atoms with Gasteiger partial charge in [0.1, 0.15) is 12.2 Å². The van der Waals surface area contributed by atoms with Crippen LogP contribution in [0, 0.1) is 0 Å². The number of rotatable bonds is 8. The van der Waals surface area contributed by atoms with Crippen LogP contribution in [0.1, 0.15) is 39.1 Å². The SMILES string of the molecule is CCCNCCN(C)Cc1ncnn1C(C)C. The number of hydrogen-bond donors (Lipinski definition) is 1. The van der Waals surface area contributed by atoms with Crippen molar-refractivity contribution < 1.29 is 0 Å². The summed E-state index contributed by atoms with van der Waals surface area (Å²) in [5, 5.41) is 7.64. The summed E-state index contributed by atoms with van der Waals surface area (Å²) in [6.45, 7) is 10.4. The first-order chi connectivity index (χ1) is 8.15. The highest BCUT2D eigenvalue weighted by atomic mass is 15.4. The Labute approximate surface area is 104 Å². The quantitative estimate of drug-likeness (QED) is 0.694. The molecule has 0 saturated heterocycles. The number of likely N-dealkylation sites (N-methyl/N-ethyl adjacent to an activating group) is 1. The van der Waals surface area contributed by atoms with Crippen molar-refractivity contribution in [1.82, 2.24) is 25.0 Å². The first kappa shape index (κ1) is 14.1. The van der Waals surface area contributed by atoms with Crippen molar-refractivity contribution in [3.63, 3.8) is 0 Å². The Morgan fingerprint density at radius 1 is 1.41 bits per heavy atom. The summed E-state index contributed by atoms with van der Waals surface area (Å²) in [4.78, 5) is 6.58. The molecule has 0 saturated carbocycles. The van der Waals surface area contributed by atoms with Crippen LogP contribution in [0.3, 0.4) is 0 Å². The summed E-state index contributed by atoms with van der Waals surface area (Å²) < 4.78 is 1.98. The third kappa shape index (κ3) is 4.83.